The minimum atomic E-state index is 0.247. The maximum atomic E-state index is 11.4. The van der Waals surface area contributed by atoms with Gasteiger partial charge in [0.15, 0.2) is 0 Å². The Labute approximate surface area is 72.0 Å². The van der Waals surface area contributed by atoms with Crippen LogP contribution in [0.4, 0.5) is 0 Å². The van der Waals surface area contributed by atoms with Gasteiger partial charge in [0.2, 0.25) is 0 Å². The summed E-state index contributed by atoms with van der Waals surface area (Å²) in [5, 5.41) is 8.50. The van der Waals surface area contributed by atoms with Crippen molar-refractivity contribution in [1.82, 2.24) is 4.90 Å². The van der Waals surface area contributed by atoms with Gasteiger partial charge in [0.05, 0.1) is 12.6 Å². The van der Waals surface area contributed by atoms with Crippen LogP contribution in [0.5, 0.6) is 0 Å². The maximum absolute atomic E-state index is 11.4. The summed E-state index contributed by atoms with van der Waals surface area (Å²) in [7, 11) is 0. The zero-order valence-corrected chi connectivity index (χ0v) is 6.99. The summed E-state index contributed by atoms with van der Waals surface area (Å²) >= 11 is 0. The molecule has 3 nitrogen and oxygen atoms in total. The van der Waals surface area contributed by atoms with E-state index >= 15 is 0 Å². The van der Waals surface area contributed by atoms with Gasteiger partial charge in [-0.1, -0.05) is 0 Å². The number of likely N-dealkylation sites (tertiary alicyclic amines) is 1. The molecule has 2 fully saturated rings. The Balaban J connectivity index is 2.03. The van der Waals surface area contributed by atoms with Crippen LogP contribution >= 0.6 is 0 Å². The van der Waals surface area contributed by atoms with Crippen LogP contribution in [0.3, 0.4) is 0 Å². The minimum absolute atomic E-state index is 0.247. The van der Waals surface area contributed by atoms with Crippen LogP contribution in [0.15, 0.2) is 0 Å². The third kappa shape index (κ3) is 1.12. The number of fused-ring (bicyclic) bond motifs is 2. The second kappa shape index (κ2) is 2.87. The summed E-state index contributed by atoms with van der Waals surface area (Å²) in [6.07, 6.45) is 2.09. The largest absolute Gasteiger partial charge is 0.299 e. The number of rotatable bonds is 1. The van der Waals surface area contributed by atoms with Crippen LogP contribution in [-0.2, 0) is 4.79 Å². The molecule has 0 amide bonds. The van der Waals surface area contributed by atoms with Crippen molar-refractivity contribution in [3.63, 3.8) is 0 Å². The number of piperidine rings is 1. The van der Waals surface area contributed by atoms with Crippen LogP contribution < -0.4 is 0 Å². The molecule has 0 aromatic rings. The second-order valence-electron chi connectivity index (χ2n) is 3.73. The van der Waals surface area contributed by atoms with Gasteiger partial charge in [-0.25, -0.2) is 0 Å². The topological polar surface area (TPSA) is 44.1 Å². The van der Waals surface area contributed by atoms with E-state index in [0.29, 0.717) is 12.3 Å². The van der Waals surface area contributed by atoms with E-state index in [-0.39, 0.29) is 11.8 Å². The predicted octanol–water partition coefficient (Wildman–Crippen LogP) is 0.421. The van der Waals surface area contributed by atoms with Gasteiger partial charge in [0, 0.05) is 24.9 Å². The molecule has 2 rings (SSSR count). The van der Waals surface area contributed by atoms with Gasteiger partial charge in [-0.3, -0.25) is 9.69 Å². The smallest absolute Gasteiger partial charge is 0.141 e. The Morgan fingerprint density at radius 1 is 1.42 bits per heavy atom. The molecule has 3 heteroatoms. The molecule has 2 atom stereocenters. The molecule has 1 saturated heterocycles. The molecule has 2 aliphatic rings. The number of ketones is 1. The molecule has 1 aliphatic heterocycles. The number of hydrogen-bond acceptors (Lipinski definition) is 3. The van der Waals surface area contributed by atoms with Crippen LogP contribution in [0.2, 0.25) is 0 Å². The van der Waals surface area contributed by atoms with Crippen LogP contribution in [0.25, 0.3) is 0 Å². The van der Waals surface area contributed by atoms with E-state index < -0.39 is 0 Å². The Bertz CT molecular complexity index is 227. The van der Waals surface area contributed by atoms with E-state index in [1.54, 1.807) is 0 Å². The summed E-state index contributed by atoms with van der Waals surface area (Å²) in [4.78, 5) is 13.5. The highest BCUT2D eigenvalue weighted by Crippen LogP contribution is 2.32. The average molecular weight is 164 g/mol. The van der Waals surface area contributed by atoms with E-state index in [2.05, 4.69) is 11.0 Å². The molecule has 0 radical (unpaired) electrons. The van der Waals surface area contributed by atoms with Crippen molar-refractivity contribution in [2.24, 2.45) is 11.8 Å². The molecular formula is C9H12N2O. The summed E-state index contributed by atoms with van der Waals surface area (Å²) in [6.45, 7) is 2.13. The van der Waals surface area contributed by atoms with Gasteiger partial charge in [0.1, 0.15) is 5.78 Å². The summed E-state index contributed by atoms with van der Waals surface area (Å²) in [5.74, 6) is 0.943. The minimum Gasteiger partial charge on any atom is -0.299 e. The normalized spacial score (nSPS) is 35.1. The Kier molecular flexibility index (Phi) is 1.86. The summed E-state index contributed by atoms with van der Waals surface area (Å²) in [5.41, 5.74) is 0. The van der Waals surface area contributed by atoms with Gasteiger partial charge in [-0.15, -0.1) is 0 Å². The lowest BCUT2D eigenvalue weighted by atomic mass is 9.97. The van der Waals surface area contributed by atoms with Gasteiger partial charge >= 0.3 is 0 Å². The van der Waals surface area contributed by atoms with Crippen molar-refractivity contribution in [2.45, 2.75) is 12.8 Å². The van der Waals surface area contributed by atoms with E-state index in [9.17, 15) is 4.79 Å². The molecule has 0 aromatic carbocycles. The van der Waals surface area contributed by atoms with Crippen molar-refractivity contribution in [2.75, 3.05) is 19.6 Å². The van der Waals surface area contributed by atoms with E-state index in [1.807, 2.05) is 0 Å². The second-order valence-corrected chi connectivity index (χ2v) is 3.73. The molecule has 1 heterocycles. The number of carbonyl (C=O) groups is 1. The quantitative estimate of drug-likeness (QED) is 0.527. The third-order valence-electron chi connectivity index (χ3n) is 2.92. The maximum Gasteiger partial charge on any atom is 0.141 e. The Morgan fingerprint density at radius 2 is 2.00 bits per heavy atom. The SMILES string of the molecule is N#CCN1CC2CCC(C1)C2=O. The molecule has 2 unspecified atom stereocenters. The van der Waals surface area contributed by atoms with Gasteiger partial charge < -0.3 is 0 Å². The van der Waals surface area contributed by atoms with Crippen molar-refractivity contribution in [3.05, 3.63) is 0 Å². The highest BCUT2D eigenvalue weighted by molar-refractivity contribution is 5.86. The fourth-order valence-corrected chi connectivity index (χ4v) is 2.31. The van der Waals surface area contributed by atoms with E-state index in [1.165, 1.54) is 0 Å². The van der Waals surface area contributed by atoms with Crippen LogP contribution in [0, 0.1) is 23.2 Å². The lowest BCUT2D eigenvalue weighted by molar-refractivity contribution is -0.127. The Hall–Kier alpha value is -0.880. The summed E-state index contributed by atoms with van der Waals surface area (Å²) < 4.78 is 0. The monoisotopic (exact) mass is 164 g/mol. The number of nitrogens with zero attached hydrogens (tertiary/aromatic N) is 2. The number of carbonyl (C=O) groups excluding carboxylic acids is 1. The molecule has 12 heavy (non-hydrogen) atoms. The third-order valence-corrected chi connectivity index (χ3v) is 2.92. The molecule has 0 N–H and O–H groups in total. The molecule has 64 valence electrons. The molecule has 1 saturated carbocycles. The average Bonchev–Trinajstić information content (AvgIpc) is 2.33. The lowest BCUT2D eigenvalue weighted by Gasteiger charge is -2.28. The number of Topliss-reactive ketones (excluding diaryl/α,β-unsaturated/α-hetero) is 1. The molecule has 0 spiro atoms. The number of hydrogen-bond donors (Lipinski definition) is 0. The van der Waals surface area contributed by atoms with Crippen molar-refractivity contribution >= 4 is 5.78 Å². The highest BCUT2D eigenvalue weighted by atomic mass is 16.1. The fourth-order valence-electron chi connectivity index (χ4n) is 2.31. The molecule has 0 aromatic heterocycles. The standard InChI is InChI=1S/C9H12N2O/c10-3-4-11-5-7-1-2-8(6-11)9(7)12/h7-8H,1-2,4-6H2. The van der Waals surface area contributed by atoms with Gasteiger partial charge in [-0.2, -0.15) is 5.26 Å². The van der Waals surface area contributed by atoms with Crippen molar-refractivity contribution in [3.8, 4) is 6.07 Å². The molecule has 1 aliphatic carbocycles. The van der Waals surface area contributed by atoms with Crippen LogP contribution in [-0.4, -0.2) is 30.3 Å². The van der Waals surface area contributed by atoms with Gasteiger partial charge in [-0.05, 0) is 12.8 Å². The first-order chi connectivity index (χ1) is 5.81. The zero-order chi connectivity index (χ0) is 8.55. The predicted molar refractivity (Wildman–Crippen MR) is 43.3 cm³/mol. The molecular weight excluding hydrogens is 152 g/mol. The van der Waals surface area contributed by atoms with Crippen LogP contribution in [0.1, 0.15) is 12.8 Å². The lowest BCUT2D eigenvalue weighted by Crippen LogP contribution is -2.42. The first-order valence-corrected chi connectivity index (χ1v) is 4.44. The van der Waals surface area contributed by atoms with Crippen molar-refractivity contribution < 1.29 is 4.79 Å². The summed E-state index contributed by atoms with van der Waals surface area (Å²) in [6, 6.07) is 2.14. The highest BCUT2D eigenvalue weighted by Gasteiger charge is 2.40. The van der Waals surface area contributed by atoms with Crippen molar-refractivity contribution in [1.29, 1.82) is 5.26 Å². The first-order valence-electron chi connectivity index (χ1n) is 4.44. The van der Waals surface area contributed by atoms with E-state index in [0.717, 1.165) is 25.9 Å². The van der Waals surface area contributed by atoms with E-state index in [4.69, 9.17) is 5.26 Å². The first kappa shape index (κ1) is 7.75. The van der Waals surface area contributed by atoms with Gasteiger partial charge in [0.25, 0.3) is 0 Å². The zero-order valence-electron chi connectivity index (χ0n) is 6.99. The number of nitriles is 1. The Morgan fingerprint density at radius 3 is 2.50 bits per heavy atom. The fraction of sp³-hybridized carbons (Fsp3) is 0.778. The molecule has 2 bridgehead atoms.